The summed E-state index contributed by atoms with van der Waals surface area (Å²) in [4.78, 5) is 49.4. The molecule has 0 fully saturated rings. The number of benzene rings is 1. The Bertz CT molecular complexity index is 1070. The highest BCUT2D eigenvalue weighted by molar-refractivity contribution is 6.43. The Balaban J connectivity index is 2.35. The molecule has 1 heterocycles. The van der Waals surface area contributed by atoms with Gasteiger partial charge in [0.05, 0.1) is 17.4 Å². The summed E-state index contributed by atoms with van der Waals surface area (Å²) in [6.07, 6.45) is -1.30. The van der Waals surface area contributed by atoms with E-state index in [9.17, 15) is 28.7 Å². The molecule has 0 aliphatic rings. The van der Waals surface area contributed by atoms with Crippen molar-refractivity contribution in [1.29, 1.82) is 0 Å². The fraction of sp³-hybridized carbons (Fsp3) is 0.333. The fourth-order valence-corrected chi connectivity index (χ4v) is 3.29. The highest BCUT2D eigenvalue weighted by Gasteiger charge is 2.31. The first-order chi connectivity index (χ1) is 14.4. The number of Topliss-reactive ketones (excluding diaryl/α,β-unsaturated/α-hetero) is 1. The molecule has 31 heavy (non-hydrogen) atoms. The van der Waals surface area contributed by atoms with E-state index in [1.165, 1.54) is 43.7 Å². The van der Waals surface area contributed by atoms with Gasteiger partial charge in [-0.1, -0.05) is 0 Å². The molecule has 5 N–H and O–H groups in total. The molecule has 3 amide bonds. The van der Waals surface area contributed by atoms with E-state index in [2.05, 4.69) is 10.6 Å². The van der Waals surface area contributed by atoms with E-state index >= 15 is 0 Å². The van der Waals surface area contributed by atoms with E-state index < -0.39 is 41.5 Å². The molecule has 0 bridgehead atoms. The number of halogens is 1. The minimum atomic E-state index is -1.44. The monoisotopic (exact) mass is 432 g/mol. The summed E-state index contributed by atoms with van der Waals surface area (Å²) in [5, 5.41) is 14.4. The molecule has 0 radical (unpaired) electrons. The summed E-state index contributed by atoms with van der Waals surface area (Å²) >= 11 is 0. The zero-order chi connectivity index (χ0) is 23.6. The lowest BCUT2D eigenvalue weighted by atomic mass is 10.1. The number of aromatic nitrogens is 1. The predicted molar refractivity (Wildman–Crippen MR) is 111 cm³/mol. The summed E-state index contributed by atoms with van der Waals surface area (Å²) in [5.41, 5.74) is 6.68. The highest BCUT2D eigenvalue weighted by atomic mass is 19.1. The summed E-state index contributed by atoms with van der Waals surface area (Å²) in [5.74, 6) is -4.07. The Labute approximate surface area is 178 Å². The summed E-state index contributed by atoms with van der Waals surface area (Å²) in [6.45, 7) is 5.93. The van der Waals surface area contributed by atoms with Gasteiger partial charge in [-0.05, 0) is 57.0 Å². The van der Waals surface area contributed by atoms with E-state index in [4.69, 9.17) is 5.73 Å². The number of rotatable bonds is 7. The number of hydrogen-bond acceptors (Lipinski definition) is 5. The van der Waals surface area contributed by atoms with Crippen molar-refractivity contribution in [3.63, 3.8) is 0 Å². The van der Waals surface area contributed by atoms with Crippen LogP contribution in [0.2, 0.25) is 0 Å². The maximum Gasteiger partial charge on any atom is 0.294 e. The summed E-state index contributed by atoms with van der Waals surface area (Å²) < 4.78 is 14.9. The van der Waals surface area contributed by atoms with Gasteiger partial charge in [0.1, 0.15) is 11.9 Å². The molecule has 2 aromatic rings. The third-order valence-electron chi connectivity index (χ3n) is 5.07. The lowest BCUT2D eigenvalue weighted by Gasteiger charge is -2.17. The molecular weight excluding hydrogens is 407 g/mol. The normalized spacial score (nSPS) is 12.7. The second kappa shape index (κ2) is 9.09. The zero-order valence-electron chi connectivity index (χ0n) is 17.9. The minimum absolute atomic E-state index is 0.0516. The van der Waals surface area contributed by atoms with Gasteiger partial charge in [0.15, 0.2) is 0 Å². The van der Waals surface area contributed by atoms with Crippen LogP contribution in [0.4, 0.5) is 10.1 Å². The van der Waals surface area contributed by atoms with Gasteiger partial charge in [0.2, 0.25) is 5.91 Å². The van der Waals surface area contributed by atoms with E-state index in [-0.39, 0.29) is 16.8 Å². The van der Waals surface area contributed by atoms with Crippen LogP contribution in [0.1, 0.15) is 44.6 Å². The number of nitrogens with one attached hydrogen (secondary N) is 2. The maximum absolute atomic E-state index is 13.5. The number of amides is 3. The van der Waals surface area contributed by atoms with Gasteiger partial charge in [-0.25, -0.2) is 4.39 Å². The lowest BCUT2D eigenvalue weighted by Crippen LogP contribution is -2.52. The molecule has 0 saturated heterocycles. The van der Waals surface area contributed by atoms with Crippen LogP contribution in [0.3, 0.4) is 0 Å². The van der Waals surface area contributed by atoms with Crippen LogP contribution in [0.25, 0.3) is 0 Å². The number of primary amides is 1. The van der Waals surface area contributed by atoms with Gasteiger partial charge in [-0.15, -0.1) is 0 Å². The topological polar surface area (TPSA) is 144 Å². The largest absolute Gasteiger partial charge is 0.391 e. The van der Waals surface area contributed by atoms with E-state index in [0.29, 0.717) is 16.9 Å². The molecule has 10 heteroatoms. The standard InChI is InChI=1S/C21H25FN4O5/c1-9-8-13(6-7-14(9)22)24-20(30)15-10(2)17(26(5)11(15)3)18(28)21(31)25-16(12(4)27)19(23)29/h6-8,12,16,27H,1-5H3,(H2,23,29)(H,24,30)(H,25,31)/t12-,16-/m0/s1. The van der Waals surface area contributed by atoms with Crippen molar-refractivity contribution in [2.45, 2.75) is 39.8 Å². The number of hydrogen-bond donors (Lipinski definition) is 4. The van der Waals surface area contributed by atoms with Crippen LogP contribution in [0.15, 0.2) is 18.2 Å². The van der Waals surface area contributed by atoms with Crippen molar-refractivity contribution in [2.24, 2.45) is 12.8 Å². The number of aryl methyl sites for hydroxylation is 1. The van der Waals surface area contributed by atoms with Crippen LogP contribution in [-0.2, 0) is 16.6 Å². The molecule has 1 aromatic carbocycles. The van der Waals surface area contributed by atoms with Crippen molar-refractivity contribution < 1.29 is 28.7 Å². The number of aliphatic hydroxyl groups is 1. The number of anilines is 1. The smallest absolute Gasteiger partial charge is 0.294 e. The van der Waals surface area contributed by atoms with Crippen molar-refractivity contribution in [2.75, 3.05) is 5.32 Å². The Kier molecular flexibility index (Phi) is 6.96. The van der Waals surface area contributed by atoms with E-state index in [1.54, 1.807) is 13.8 Å². The zero-order valence-corrected chi connectivity index (χ0v) is 17.9. The third-order valence-corrected chi connectivity index (χ3v) is 5.07. The minimum Gasteiger partial charge on any atom is -0.391 e. The quantitative estimate of drug-likeness (QED) is 0.379. The van der Waals surface area contributed by atoms with Gasteiger partial charge in [-0.2, -0.15) is 0 Å². The van der Waals surface area contributed by atoms with Gasteiger partial charge in [0, 0.05) is 18.4 Å². The van der Waals surface area contributed by atoms with Crippen LogP contribution < -0.4 is 16.4 Å². The number of aliphatic hydroxyl groups excluding tert-OH is 1. The number of nitrogens with two attached hydrogens (primary N) is 1. The molecular formula is C21H25FN4O5. The molecule has 2 atom stereocenters. The fourth-order valence-electron chi connectivity index (χ4n) is 3.29. The number of nitrogens with zero attached hydrogens (tertiary/aromatic N) is 1. The molecule has 1 aromatic heterocycles. The maximum atomic E-state index is 13.5. The lowest BCUT2D eigenvalue weighted by molar-refractivity contribution is -0.127. The van der Waals surface area contributed by atoms with E-state index in [1.807, 2.05) is 0 Å². The molecule has 0 saturated carbocycles. The van der Waals surface area contributed by atoms with Crippen LogP contribution in [0.5, 0.6) is 0 Å². The van der Waals surface area contributed by atoms with Crippen molar-refractivity contribution in [1.82, 2.24) is 9.88 Å². The number of carbonyl (C=O) groups excluding carboxylic acids is 4. The Morgan fingerprint density at radius 1 is 1.16 bits per heavy atom. The van der Waals surface area contributed by atoms with Crippen LogP contribution in [-0.4, -0.2) is 45.3 Å². The first-order valence-corrected chi connectivity index (χ1v) is 9.42. The second-order valence-electron chi connectivity index (χ2n) is 7.33. The van der Waals surface area contributed by atoms with Crippen LogP contribution in [0, 0.1) is 26.6 Å². The Morgan fingerprint density at radius 3 is 2.29 bits per heavy atom. The van der Waals surface area contributed by atoms with Crippen molar-refractivity contribution in [3.05, 3.63) is 52.1 Å². The third kappa shape index (κ3) is 4.80. The number of carbonyl (C=O) groups is 4. The second-order valence-corrected chi connectivity index (χ2v) is 7.33. The first-order valence-electron chi connectivity index (χ1n) is 9.42. The Hall–Kier alpha value is -3.53. The molecule has 2 rings (SSSR count). The van der Waals surface area contributed by atoms with Crippen molar-refractivity contribution >= 4 is 29.2 Å². The average Bonchev–Trinajstić information content (AvgIpc) is 2.90. The predicted octanol–water partition coefficient (Wildman–Crippen LogP) is 0.875. The molecule has 9 nitrogen and oxygen atoms in total. The SMILES string of the molecule is Cc1cc(NC(=O)c2c(C)c(C(=O)C(=O)N[C@H](C(N)=O)[C@H](C)O)n(C)c2C)ccc1F. The summed E-state index contributed by atoms with van der Waals surface area (Å²) in [7, 11) is 1.52. The summed E-state index contributed by atoms with van der Waals surface area (Å²) in [6, 6.07) is 2.67. The van der Waals surface area contributed by atoms with Gasteiger partial charge >= 0.3 is 0 Å². The van der Waals surface area contributed by atoms with Gasteiger partial charge in [-0.3, -0.25) is 19.2 Å². The van der Waals surface area contributed by atoms with Gasteiger partial charge in [0.25, 0.3) is 17.6 Å². The van der Waals surface area contributed by atoms with Gasteiger partial charge < -0.3 is 26.0 Å². The van der Waals surface area contributed by atoms with Crippen LogP contribution >= 0.6 is 0 Å². The molecule has 0 spiro atoms. The van der Waals surface area contributed by atoms with E-state index in [0.717, 1.165) is 0 Å². The average molecular weight is 432 g/mol. The Morgan fingerprint density at radius 2 is 1.77 bits per heavy atom. The number of ketones is 1. The molecule has 0 aliphatic carbocycles. The molecule has 0 unspecified atom stereocenters. The van der Waals surface area contributed by atoms with Crippen molar-refractivity contribution in [3.8, 4) is 0 Å². The molecule has 166 valence electrons. The molecule has 0 aliphatic heterocycles. The highest BCUT2D eigenvalue weighted by Crippen LogP contribution is 2.24. The first kappa shape index (κ1) is 23.7.